The Morgan fingerprint density at radius 3 is 2.20 bits per heavy atom. The average Bonchev–Trinajstić information content (AvgIpc) is 2.46. The van der Waals surface area contributed by atoms with Gasteiger partial charge in [-0.05, 0) is 17.7 Å². The fraction of sp³-hybridized carbons (Fsp3) is 0.467. The van der Waals surface area contributed by atoms with Crippen molar-refractivity contribution < 1.29 is 19.1 Å². The van der Waals surface area contributed by atoms with Crippen molar-refractivity contribution in [3.05, 3.63) is 29.8 Å². The second kappa shape index (κ2) is 7.53. The number of methoxy groups -OCH3 is 2. The highest BCUT2D eigenvalue weighted by atomic mass is 16.5. The molecule has 0 fully saturated rings. The molecule has 0 unspecified atom stereocenters. The highest BCUT2D eigenvalue weighted by molar-refractivity contribution is 5.85. The molecule has 0 aliphatic rings. The number of nitrogens with one attached hydrogen (secondary N) is 1. The first-order chi connectivity index (χ1) is 9.47. The van der Waals surface area contributed by atoms with Crippen molar-refractivity contribution in [2.24, 2.45) is 5.92 Å². The highest BCUT2D eigenvalue weighted by Crippen LogP contribution is 2.13. The van der Waals surface area contributed by atoms with E-state index in [1.165, 1.54) is 7.11 Å². The van der Waals surface area contributed by atoms with Crippen LogP contribution in [0.5, 0.6) is 5.75 Å². The van der Waals surface area contributed by atoms with E-state index in [9.17, 15) is 9.59 Å². The Morgan fingerprint density at radius 1 is 1.15 bits per heavy atom. The summed E-state index contributed by atoms with van der Waals surface area (Å²) in [6.45, 7) is 3.55. The topological polar surface area (TPSA) is 64.6 Å². The van der Waals surface area contributed by atoms with Crippen LogP contribution in [0.4, 0.5) is 0 Å². The second-order valence-electron chi connectivity index (χ2n) is 4.79. The molecule has 1 rings (SSSR count). The number of hydrogen-bond donors (Lipinski definition) is 1. The summed E-state index contributed by atoms with van der Waals surface area (Å²) in [6.07, 6.45) is 0.384. The molecule has 5 nitrogen and oxygen atoms in total. The predicted molar refractivity (Wildman–Crippen MR) is 75.5 cm³/mol. The van der Waals surface area contributed by atoms with Crippen molar-refractivity contribution in [3.63, 3.8) is 0 Å². The van der Waals surface area contributed by atoms with Gasteiger partial charge in [-0.3, -0.25) is 4.79 Å². The molecule has 0 radical (unpaired) electrons. The van der Waals surface area contributed by atoms with Gasteiger partial charge in [-0.15, -0.1) is 0 Å². The van der Waals surface area contributed by atoms with E-state index < -0.39 is 12.0 Å². The number of amides is 1. The fourth-order valence-corrected chi connectivity index (χ4v) is 1.67. The quantitative estimate of drug-likeness (QED) is 0.802. The molecule has 0 aliphatic heterocycles. The molecule has 0 heterocycles. The first kappa shape index (κ1) is 16.0. The Bertz CT molecular complexity index is 453. The number of carbonyl (C=O) groups is 2. The third kappa shape index (κ3) is 4.57. The van der Waals surface area contributed by atoms with Gasteiger partial charge >= 0.3 is 5.97 Å². The van der Waals surface area contributed by atoms with Gasteiger partial charge in [0.15, 0.2) is 0 Å². The van der Waals surface area contributed by atoms with Crippen molar-refractivity contribution in [1.29, 1.82) is 0 Å². The monoisotopic (exact) mass is 279 g/mol. The van der Waals surface area contributed by atoms with Gasteiger partial charge in [-0.25, -0.2) is 4.79 Å². The Morgan fingerprint density at radius 2 is 1.75 bits per heavy atom. The number of carbonyl (C=O) groups excluding carboxylic acids is 2. The van der Waals surface area contributed by atoms with Gasteiger partial charge in [0.25, 0.3) is 0 Å². The molecule has 20 heavy (non-hydrogen) atoms. The molecule has 0 saturated carbocycles. The normalized spacial score (nSPS) is 11.8. The zero-order valence-electron chi connectivity index (χ0n) is 12.3. The van der Waals surface area contributed by atoms with Gasteiger partial charge in [0, 0.05) is 12.3 Å². The largest absolute Gasteiger partial charge is 0.497 e. The van der Waals surface area contributed by atoms with Crippen LogP contribution in [0.25, 0.3) is 0 Å². The molecule has 0 spiro atoms. The lowest BCUT2D eigenvalue weighted by molar-refractivity contribution is -0.145. The standard InChI is InChI=1S/C15H21NO4/c1-10(2)14(17)16-13(15(18)20-4)9-11-5-7-12(19-3)8-6-11/h5-8,10,13H,9H2,1-4H3,(H,16,17)/t13-/m1/s1. The molecule has 1 atom stereocenters. The summed E-state index contributed by atoms with van der Waals surface area (Å²) >= 11 is 0. The number of benzene rings is 1. The average molecular weight is 279 g/mol. The minimum absolute atomic E-state index is 0.172. The number of esters is 1. The molecule has 0 bridgehead atoms. The maximum Gasteiger partial charge on any atom is 0.328 e. The van der Waals surface area contributed by atoms with Crippen LogP contribution in [-0.4, -0.2) is 32.1 Å². The lowest BCUT2D eigenvalue weighted by Gasteiger charge is -2.18. The molecular formula is C15H21NO4. The van der Waals surface area contributed by atoms with E-state index in [2.05, 4.69) is 5.32 Å². The van der Waals surface area contributed by atoms with Crippen LogP contribution in [0.1, 0.15) is 19.4 Å². The van der Waals surface area contributed by atoms with Crippen molar-refractivity contribution in [2.45, 2.75) is 26.3 Å². The van der Waals surface area contributed by atoms with E-state index in [0.29, 0.717) is 6.42 Å². The van der Waals surface area contributed by atoms with Gasteiger partial charge in [0.05, 0.1) is 14.2 Å². The molecule has 0 aromatic heterocycles. The molecule has 110 valence electrons. The summed E-state index contributed by atoms with van der Waals surface area (Å²) in [7, 11) is 2.90. The van der Waals surface area contributed by atoms with Crippen molar-refractivity contribution >= 4 is 11.9 Å². The minimum Gasteiger partial charge on any atom is -0.497 e. The summed E-state index contributed by atoms with van der Waals surface area (Å²) in [5.41, 5.74) is 0.922. The van der Waals surface area contributed by atoms with Crippen LogP contribution < -0.4 is 10.1 Å². The summed E-state index contributed by atoms with van der Waals surface area (Å²) in [4.78, 5) is 23.5. The molecular weight excluding hydrogens is 258 g/mol. The van der Waals surface area contributed by atoms with Crippen LogP contribution in [0.15, 0.2) is 24.3 Å². The zero-order valence-corrected chi connectivity index (χ0v) is 12.3. The maximum absolute atomic E-state index is 11.7. The SMILES string of the molecule is COC(=O)[C@@H](Cc1ccc(OC)cc1)NC(=O)C(C)C. The predicted octanol–water partition coefficient (Wildman–Crippen LogP) is 1.55. The summed E-state index contributed by atoms with van der Waals surface area (Å²) < 4.78 is 9.81. The fourth-order valence-electron chi connectivity index (χ4n) is 1.67. The first-order valence-electron chi connectivity index (χ1n) is 6.49. The van der Waals surface area contributed by atoms with Crippen LogP contribution in [-0.2, 0) is 20.7 Å². The first-order valence-corrected chi connectivity index (χ1v) is 6.49. The van der Waals surface area contributed by atoms with Crippen LogP contribution in [0.3, 0.4) is 0 Å². The van der Waals surface area contributed by atoms with Gasteiger partial charge in [-0.2, -0.15) is 0 Å². The maximum atomic E-state index is 11.7. The van der Waals surface area contributed by atoms with Crippen molar-refractivity contribution in [2.75, 3.05) is 14.2 Å². The third-order valence-corrected chi connectivity index (χ3v) is 2.93. The Hall–Kier alpha value is -2.04. The smallest absolute Gasteiger partial charge is 0.328 e. The van der Waals surface area contributed by atoms with E-state index in [1.54, 1.807) is 21.0 Å². The van der Waals surface area contributed by atoms with E-state index in [-0.39, 0.29) is 11.8 Å². The molecule has 1 aromatic rings. The Labute approximate surface area is 119 Å². The number of rotatable bonds is 6. The number of hydrogen-bond acceptors (Lipinski definition) is 4. The Balaban J connectivity index is 2.78. The summed E-state index contributed by atoms with van der Waals surface area (Å²) in [5, 5.41) is 2.70. The third-order valence-electron chi connectivity index (χ3n) is 2.93. The summed E-state index contributed by atoms with van der Waals surface area (Å²) in [6, 6.07) is 6.66. The van der Waals surface area contributed by atoms with Gasteiger partial charge in [-0.1, -0.05) is 26.0 Å². The summed E-state index contributed by atoms with van der Waals surface area (Å²) in [5.74, 6) is -0.0589. The molecule has 0 saturated heterocycles. The van der Waals surface area contributed by atoms with E-state index in [4.69, 9.17) is 9.47 Å². The van der Waals surface area contributed by atoms with E-state index >= 15 is 0 Å². The van der Waals surface area contributed by atoms with Gasteiger partial charge < -0.3 is 14.8 Å². The minimum atomic E-state index is -0.678. The molecule has 1 aromatic carbocycles. The van der Waals surface area contributed by atoms with Crippen LogP contribution in [0, 0.1) is 5.92 Å². The Kier molecular flexibility index (Phi) is 6.03. The highest BCUT2D eigenvalue weighted by Gasteiger charge is 2.23. The van der Waals surface area contributed by atoms with Gasteiger partial charge in [0.1, 0.15) is 11.8 Å². The molecule has 0 aliphatic carbocycles. The molecule has 5 heteroatoms. The van der Waals surface area contributed by atoms with E-state index in [1.807, 2.05) is 24.3 Å². The van der Waals surface area contributed by atoms with Crippen LogP contribution >= 0.6 is 0 Å². The van der Waals surface area contributed by atoms with Crippen molar-refractivity contribution in [3.8, 4) is 5.75 Å². The van der Waals surface area contributed by atoms with Crippen LogP contribution in [0.2, 0.25) is 0 Å². The van der Waals surface area contributed by atoms with Crippen molar-refractivity contribution in [1.82, 2.24) is 5.32 Å². The van der Waals surface area contributed by atoms with Gasteiger partial charge in [0.2, 0.25) is 5.91 Å². The second-order valence-corrected chi connectivity index (χ2v) is 4.79. The molecule has 1 amide bonds. The van der Waals surface area contributed by atoms with E-state index in [0.717, 1.165) is 11.3 Å². The molecule has 1 N–H and O–H groups in total. The lowest BCUT2D eigenvalue weighted by atomic mass is 10.0. The zero-order chi connectivity index (χ0) is 15.1. The number of ether oxygens (including phenoxy) is 2. The lowest BCUT2D eigenvalue weighted by Crippen LogP contribution is -2.44.